The Hall–Kier alpha value is -0.110. The van der Waals surface area contributed by atoms with Crippen LogP contribution in [0.4, 0.5) is 4.39 Å². The summed E-state index contributed by atoms with van der Waals surface area (Å²) in [5, 5.41) is 0. The number of rotatable bonds is 4. The highest BCUT2D eigenvalue weighted by molar-refractivity contribution is 4.88. The lowest BCUT2D eigenvalue weighted by Crippen LogP contribution is -2.36. The van der Waals surface area contributed by atoms with E-state index in [9.17, 15) is 4.39 Å². The molecule has 0 aliphatic heterocycles. The molecule has 1 nitrogen and oxygen atoms in total. The van der Waals surface area contributed by atoms with Gasteiger partial charge < -0.3 is 5.73 Å². The summed E-state index contributed by atoms with van der Waals surface area (Å²) in [6.07, 6.45) is 6.16. The van der Waals surface area contributed by atoms with Crippen LogP contribution in [-0.2, 0) is 0 Å². The molecule has 0 aromatic carbocycles. The smallest absolute Gasteiger partial charge is 0.111 e. The molecule has 84 valence electrons. The summed E-state index contributed by atoms with van der Waals surface area (Å²) >= 11 is 0. The van der Waals surface area contributed by atoms with Crippen molar-refractivity contribution in [1.29, 1.82) is 0 Å². The third kappa shape index (κ3) is 3.56. The van der Waals surface area contributed by atoms with Crippen LogP contribution in [0.3, 0.4) is 0 Å². The molecule has 0 aromatic heterocycles. The maximum atomic E-state index is 14.3. The van der Waals surface area contributed by atoms with E-state index in [-0.39, 0.29) is 6.04 Å². The molecule has 0 bridgehead atoms. The number of alkyl halides is 1. The van der Waals surface area contributed by atoms with Gasteiger partial charge in [0.05, 0.1) is 0 Å². The van der Waals surface area contributed by atoms with E-state index in [0.717, 1.165) is 32.1 Å². The summed E-state index contributed by atoms with van der Waals surface area (Å²) in [6, 6.07) is 0.250. The standard InChI is InChI=1S/C12H24FN/c1-3-4-10(2)9-12(13)7-5-11(14)6-8-12/h10-11H,3-9,14H2,1-2H3. The molecule has 0 heterocycles. The normalized spacial score (nSPS) is 35.6. The van der Waals surface area contributed by atoms with Crippen molar-refractivity contribution in [3.8, 4) is 0 Å². The lowest BCUT2D eigenvalue weighted by atomic mass is 9.78. The molecule has 1 atom stereocenters. The first-order valence-electron chi connectivity index (χ1n) is 6.00. The van der Waals surface area contributed by atoms with Crippen LogP contribution in [0.25, 0.3) is 0 Å². The van der Waals surface area contributed by atoms with Gasteiger partial charge in [0.25, 0.3) is 0 Å². The van der Waals surface area contributed by atoms with Gasteiger partial charge in [-0.2, -0.15) is 0 Å². The molecule has 1 aliphatic rings. The zero-order valence-electron chi connectivity index (χ0n) is 9.56. The van der Waals surface area contributed by atoms with Gasteiger partial charge in [-0.15, -0.1) is 0 Å². The summed E-state index contributed by atoms with van der Waals surface area (Å²) in [5.74, 6) is 0.527. The summed E-state index contributed by atoms with van der Waals surface area (Å²) < 4.78 is 14.3. The number of nitrogens with two attached hydrogens (primary N) is 1. The maximum Gasteiger partial charge on any atom is 0.111 e. The Morgan fingerprint density at radius 3 is 2.50 bits per heavy atom. The first kappa shape index (κ1) is 12.0. The molecule has 1 fully saturated rings. The number of hydrogen-bond acceptors (Lipinski definition) is 1. The minimum absolute atomic E-state index is 0.250. The Balaban J connectivity index is 2.34. The van der Waals surface area contributed by atoms with Gasteiger partial charge >= 0.3 is 0 Å². The highest BCUT2D eigenvalue weighted by Crippen LogP contribution is 2.37. The lowest BCUT2D eigenvalue weighted by molar-refractivity contribution is 0.0705. The Labute approximate surface area is 87.3 Å². The average molecular weight is 201 g/mol. The molecule has 1 rings (SSSR count). The Morgan fingerprint density at radius 2 is 2.00 bits per heavy atom. The first-order chi connectivity index (χ1) is 6.56. The Bertz CT molecular complexity index is 162. The van der Waals surface area contributed by atoms with E-state index in [2.05, 4.69) is 13.8 Å². The fourth-order valence-electron chi connectivity index (χ4n) is 2.58. The number of hydrogen-bond donors (Lipinski definition) is 1. The predicted molar refractivity (Wildman–Crippen MR) is 59.0 cm³/mol. The molecule has 0 spiro atoms. The van der Waals surface area contributed by atoms with E-state index in [0.29, 0.717) is 18.8 Å². The fraction of sp³-hybridized carbons (Fsp3) is 1.00. The molecule has 2 N–H and O–H groups in total. The first-order valence-corrected chi connectivity index (χ1v) is 6.00. The van der Waals surface area contributed by atoms with Gasteiger partial charge in [0.2, 0.25) is 0 Å². The molecule has 14 heavy (non-hydrogen) atoms. The van der Waals surface area contributed by atoms with E-state index < -0.39 is 5.67 Å². The largest absolute Gasteiger partial charge is 0.328 e. The fourth-order valence-corrected chi connectivity index (χ4v) is 2.58. The molecule has 0 saturated heterocycles. The minimum atomic E-state index is -0.898. The molecule has 1 saturated carbocycles. The van der Waals surface area contributed by atoms with Crippen LogP contribution in [0, 0.1) is 5.92 Å². The Morgan fingerprint density at radius 1 is 1.43 bits per heavy atom. The molecular weight excluding hydrogens is 177 g/mol. The van der Waals surface area contributed by atoms with Gasteiger partial charge in [-0.1, -0.05) is 26.7 Å². The van der Waals surface area contributed by atoms with Crippen LogP contribution in [0.2, 0.25) is 0 Å². The highest BCUT2D eigenvalue weighted by atomic mass is 19.1. The van der Waals surface area contributed by atoms with Crippen molar-refractivity contribution in [3.63, 3.8) is 0 Å². The lowest BCUT2D eigenvalue weighted by Gasteiger charge is -2.34. The summed E-state index contributed by atoms with van der Waals surface area (Å²) in [5.41, 5.74) is 4.88. The van der Waals surface area contributed by atoms with Crippen LogP contribution < -0.4 is 5.73 Å². The van der Waals surface area contributed by atoms with E-state index in [1.165, 1.54) is 0 Å². The highest BCUT2D eigenvalue weighted by Gasteiger charge is 2.35. The van der Waals surface area contributed by atoms with Crippen LogP contribution in [-0.4, -0.2) is 11.7 Å². The van der Waals surface area contributed by atoms with Crippen LogP contribution >= 0.6 is 0 Å². The van der Waals surface area contributed by atoms with E-state index >= 15 is 0 Å². The monoisotopic (exact) mass is 201 g/mol. The second kappa shape index (κ2) is 5.11. The van der Waals surface area contributed by atoms with Gasteiger partial charge in [0.1, 0.15) is 5.67 Å². The second-order valence-electron chi connectivity index (χ2n) is 5.09. The van der Waals surface area contributed by atoms with Gasteiger partial charge in [0, 0.05) is 6.04 Å². The zero-order chi connectivity index (χ0) is 10.6. The van der Waals surface area contributed by atoms with Crippen molar-refractivity contribution in [2.75, 3.05) is 0 Å². The predicted octanol–water partition coefficient (Wildman–Crippen LogP) is 3.42. The van der Waals surface area contributed by atoms with E-state index in [1.54, 1.807) is 0 Å². The summed E-state index contributed by atoms with van der Waals surface area (Å²) in [4.78, 5) is 0. The topological polar surface area (TPSA) is 26.0 Å². The van der Waals surface area contributed by atoms with Crippen molar-refractivity contribution < 1.29 is 4.39 Å². The average Bonchev–Trinajstić information content (AvgIpc) is 2.11. The maximum absolute atomic E-state index is 14.3. The van der Waals surface area contributed by atoms with Gasteiger partial charge in [0.15, 0.2) is 0 Å². The molecule has 2 heteroatoms. The molecular formula is C12H24FN. The van der Waals surface area contributed by atoms with Gasteiger partial charge in [-0.05, 0) is 38.0 Å². The third-order valence-corrected chi connectivity index (χ3v) is 3.42. The van der Waals surface area contributed by atoms with Gasteiger partial charge in [-0.25, -0.2) is 4.39 Å². The molecule has 0 radical (unpaired) electrons. The summed E-state index contributed by atoms with van der Waals surface area (Å²) in [7, 11) is 0. The third-order valence-electron chi connectivity index (χ3n) is 3.42. The van der Waals surface area contributed by atoms with Crippen molar-refractivity contribution in [2.24, 2.45) is 11.7 Å². The molecule has 1 aliphatic carbocycles. The second-order valence-corrected chi connectivity index (χ2v) is 5.09. The number of halogens is 1. The van der Waals surface area contributed by atoms with Crippen molar-refractivity contribution >= 4 is 0 Å². The minimum Gasteiger partial charge on any atom is -0.328 e. The summed E-state index contributed by atoms with van der Waals surface area (Å²) in [6.45, 7) is 4.33. The van der Waals surface area contributed by atoms with Crippen molar-refractivity contribution in [3.05, 3.63) is 0 Å². The SMILES string of the molecule is CCCC(C)CC1(F)CCC(N)CC1. The van der Waals surface area contributed by atoms with E-state index in [1.807, 2.05) is 0 Å². The molecule has 0 aromatic rings. The Kier molecular flexibility index (Phi) is 4.36. The van der Waals surface area contributed by atoms with Crippen LogP contribution in [0.5, 0.6) is 0 Å². The van der Waals surface area contributed by atoms with Crippen LogP contribution in [0.1, 0.15) is 58.8 Å². The van der Waals surface area contributed by atoms with Gasteiger partial charge in [-0.3, -0.25) is 0 Å². The van der Waals surface area contributed by atoms with Crippen LogP contribution in [0.15, 0.2) is 0 Å². The van der Waals surface area contributed by atoms with Crippen molar-refractivity contribution in [2.45, 2.75) is 70.5 Å². The molecule has 1 unspecified atom stereocenters. The van der Waals surface area contributed by atoms with E-state index in [4.69, 9.17) is 5.73 Å². The van der Waals surface area contributed by atoms with Crippen molar-refractivity contribution in [1.82, 2.24) is 0 Å². The zero-order valence-corrected chi connectivity index (χ0v) is 9.56. The molecule has 0 amide bonds. The quantitative estimate of drug-likeness (QED) is 0.741.